The maximum Gasteiger partial charge on any atom is 0.274 e. The molecule has 0 bridgehead atoms. The highest BCUT2D eigenvalue weighted by atomic mass is 16.5. The monoisotopic (exact) mass is 366 g/mol. The maximum absolute atomic E-state index is 12.4. The zero-order valence-corrected chi connectivity index (χ0v) is 15.2. The van der Waals surface area contributed by atoms with Crippen LogP contribution in [-0.2, 0) is 6.54 Å². The molecule has 1 amide bonds. The van der Waals surface area contributed by atoms with Gasteiger partial charge in [0.1, 0.15) is 17.3 Å². The van der Waals surface area contributed by atoms with E-state index in [-0.39, 0.29) is 5.91 Å². The number of hydrogen-bond donors (Lipinski definition) is 2. The molecule has 1 fully saturated rings. The number of rotatable bonds is 5. The number of amides is 1. The first-order valence-corrected chi connectivity index (χ1v) is 9.04. The van der Waals surface area contributed by atoms with E-state index in [2.05, 4.69) is 25.3 Å². The summed E-state index contributed by atoms with van der Waals surface area (Å²) in [6.07, 6.45) is 6.44. The molecular weight excluding hydrogens is 344 g/mol. The predicted molar refractivity (Wildman–Crippen MR) is 100 cm³/mol. The molecule has 0 radical (unpaired) electrons. The number of fused-ring (bicyclic) bond motifs is 1. The minimum Gasteiger partial charge on any atom is -0.497 e. The summed E-state index contributed by atoms with van der Waals surface area (Å²) >= 11 is 0. The van der Waals surface area contributed by atoms with Gasteiger partial charge in [-0.05, 0) is 25.0 Å². The van der Waals surface area contributed by atoms with Crippen LogP contribution in [0.1, 0.15) is 29.2 Å². The molecule has 3 aromatic rings. The molecule has 8 nitrogen and oxygen atoms in total. The second-order valence-corrected chi connectivity index (χ2v) is 6.60. The first kappa shape index (κ1) is 17.4. The number of H-pyrrole nitrogens is 1. The maximum atomic E-state index is 12.4. The number of hydrogen-bond acceptors (Lipinski definition) is 6. The standard InChI is InChI=1S/C19H22N6O2/c1-27-14-2-3-15-16(10-14)24-18(23-15)12-22-13-4-8-25(9-5-13)19(26)17-11-20-6-7-21-17/h2-3,6-7,10-11,13,22H,4-5,8-9,12H2,1H3,(H,23,24). The van der Waals surface area contributed by atoms with Gasteiger partial charge in [-0.1, -0.05) is 0 Å². The third kappa shape index (κ3) is 3.90. The van der Waals surface area contributed by atoms with Crippen molar-refractivity contribution < 1.29 is 9.53 Å². The third-order valence-corrected chi connectivity index (χ3v) is 4.86. The van der Waals surface area contributed by atoms with Crippen molar-refractivity contribution in [2.45, 2.75) is 25.4 Å². The highest BCUT2D eigenvalue weighted by molar-refractivity contribution is 5.92. The zero-order valence-electron chi connectivity index (χ0n) is 15.2. The van der Waals surface area contributed by atoms with E-state index in [0.717, 1.165) is 35.4 Å². The lowest BCUT2D eigenvalue weighted by molar-refractivity contribution is 0.0698. The van der Waals surface area contributed by atoms with Crippen molar-refractivity contribution in [3.05, 3.63) is 48.3 Å². The lowest BCUT2D eigenvalue weighted by Gasteiger charge is -2.32. The van der Waals surface area contributed by atoms with Gasteiger partial charge in [0, 0.05) is 37.6 Å². The number of aromatic amines is 1. The number of carbonyl (C=O) groups is 1. The van der Waals surface area contributed by atoms with Crippen molar-refractivity contribution in [3.63, 3.8) is 0 Å². The van der Waals surface area contributed by atoms with Crippen LogP contribution in [0.2, 0.25) is 0 Å². The molecular formula is C19H22N6O2. The molecule has 0 spiro atoms. The Morgan fingerprint density at radius 1 is 1.33 bits per heavy atom. The Balaban J connectivity index is 1.30. The number of methoxy groups -OCH3 is 1. The van der Waals surface area contributed by atoms with E-state index < -0.39 is 0 Å². The van der Waals surface area contributed by atoms with Crippen molar-refractivity contribution in [2.75, 3.05) is 20.2 Å². The molecule has 0 aliphatic carbocycles. The fourth-order valence-corrected chi connectivity index (χ4v) is 3.35. The Bertz CT molecular complexity index is 918. The largest absolute Gasteiger partial charge is 0.497 e. The number of ether oxygens (including phenoxy) is 1. The quantitative estimate of drug-likeness (QED) is 0.714. The second-order valence-electron chi connectivity index (χ2n) is 6.60. The van der Waals surface area contributed by atoms with E-state index in [4.69, 9.17) is 4.74 Å². The van der Waals surface area contributed by atoms with Crippen LogP contribution in [0.5, 0.6) is 5.75 Å². The van der Waals surface area contributed by atoms with Crippen molar-refractivity contribution >= 4 is 16.9 Å². The van der Waals surface area contributed by atoms with Crippen LogP contribution in [-0.4, -0.2) is 57.0 Å². The summed E-state index contributed by atoms with van der Waals surface area (Å²) in [6, 6.07) is 6.16. The smallest absolute Gasteiger partial charge is 0.274 e. The van der Waals surface area contributed by atoms with E-state index in [1.807, 2.05) is 23.1 Å². The number of nitrogens with one attached hydrogen (secondary N) is 2. The molecule has 2 aromatic heterocycles. The fraction of sp³-hybridized carbons (Fsp3) is 0.368. The van der Waals surface area contributed by atoms with Gasteiger partial charge in [0.2, 0.25) is 0 Å². The zero-order chi connectivity index (χ0) is 18.6. The molecule has 3 heterocycles. The predicted octanol–water partition coefficient (Wildman–Crippen LogP) is 1.76. The van der Waals surface area contributed by atoms with Crippen molar-refractivity contribution in [2.24, 2.45) is 0 Å². The minimum absolute atomic E-state index is 0.0484. The minimum atomic E-state index is -0.0484. The molecule has 0 saturated carbocycles. The molecule has 8 heteroatoms. The summed E-state index contributed by atoms with van der Waals surface area (Å²) in [6.45, 7) is 2.09. The second kappa shape index (κ2) is 7.71. The Morgan fingerprint density at radius 3 is 2.93 bits per heavy atom. The van der Waals surface area contributed by atoms with E-state index in [1.165, 1.54) is 6.20 Å². The summed E-state index contributed by atoms with van der Waals surface area (Å²) in [5.41, 5.74) is 2.30. The van der Waals surface area contributed by atoms with Crippen LogP contribution >= 0.6 is 0 Å². The van der Waals surface area contributed by atoms with Crippen LogP contribution in [0.15, 0.2) is 36.8 Å². The summed E-state index contributed by atoms with van der Waals surface area (Å²) < 4.78 is 5.24. The number of likely N-dealkylation sites (tertiary alicyclic amines) is 1. The average molecular weight is 366 g/mol. The lowest BCUT2D eigenvalue weighted by Crippen LogP contribution is -2.45. The summed E-state index contributed by atoms with van der Waals surface area (Å²) in [5.74, 6) is 1.66. The van der Waals surface area contributed by atoms with Crippen LogP contribution in [0.25, 0.3) is 11.0 Å². The first-order valence-electron chi connectivity index (χ1n) is 9.04. The van der Waals surface area contributed by atoms with Gasteiger partial charge in [-0.3, -0.25) is 9.78 Å². The average Bonchev–Trinajstić information content (AvgIpc) is 3.14. The van der Waals surface area contributed by atoms with Crippen LogP contribution in [0.3, 0.4) is 0 Å². The van der Waals surface area contributed by atoms with Gasteiger partial charge in [-0.25, -0.2) is 9.97 Å². The van der Waals surface area contributed by atoms with Gasteiger partial charge >= 0.3 is 0 Å². The van der Waals surface area contributed by atoms with Gasteiger partial charge in [0.05, 0.1) is 30.9 Å². The first-order chi connectivity index (χ1) is 13.2. The molecule has 0 unspecified atom stereocenters. The normalized spacial score (nSPS) is 15.2. The molecule has 1 saturated heterocycles. The van der Waals surface area contributed by atoms with Gasteiger partial charge in [-0.15, -0.1) is 0 Å². The van der Waals surface area contributed by atoms with Gasteiger partial charge in [0.25, 0.3) is 5.91 Å². The van der Waals surface area contributed by atoms with Crippen LogP contribution in [0, 0.1) is 0 Å². The fourth-order valence-electron chi connectivity index (χ4n) is 3.35. The number of carbonyl (C=O) groups excluding carboxylic acids is 1. The summed E-state index contributed by atoms with van der Waals surface area (Å²) in [5, 5.41) is 3.54. The Labute approximate surface area is 157 Å². The molecule has 1 aromatic carbocycles. The third-order valence-electron chi connectivity index (χ3n) is 4.86. The molecule has 140 valence electrons. The van der Waals surface area contributed by atoms with Crippen molar-refractivity contribution in [3.8, 4) is 5.75 Å². The molecule has 1 aliphatic heterocycles. The number of benzene rings is 1. The number of nitrogens with zero attached hydrogens (tertiary/aromatic N) is 4. The number of imidazole rings is 1. The lowest BCUT2D eigenvalue weighted by atomic mass is 10.0. The van der Waals surface area contributed by atoms with Crippen molar-refractivity contribution in [1.29, 1.82) is 0 Å². The SMILES string of the molecule is COc1ccc2nc(CNC3CCN(C(=O)c4cnccn4)CC3)[nH]c2c1. The van der Waals surface area contributed by atoms with Crippen LogP contribution < -0.4 is 10.1 Å². The highest BCUT2D eigenvalue weighted by Gasteiger charge is 2.24. The topological polar surface area (TPSA) is 96.0 Å². The molecule has 4 rings (SSSR count). The molecule has 2 N–H and O–H groups in total. The molecule has 27 heavy (non-hydrogen) atoms. The Kier molecular flexibility index (Phi) is 4.97. The summed E-state index contributed by atoms with van der Waals surface area (Å²) in [7, 11) is 1.65. The number of aromatic nitrogens is 4. The molecule has 1 aliphatic rings. The van der Waals surface area contributed by atoms with E-state index in [9.17, 15) is 4.79 Å². The van der Waals surface area contributed by atoms with Crippen molar-refractivity contribution in [1.82, 2.24) is 30.2 Å². The van der Waals surface area contributed by atoms with E-state index in [0.29, 0.717) is 31.4 Å². The van der Waals surface area contributed by atoms with E-state index >= 15 is 0 Å². The summed E-state index contributed by atoms with van der Waals surface area (Å²) in [4.78, 5) is 30.2. The van der Waals surface area contributed by atoms with E-state index in [1.54, 1.807) is 19.5 Å². The molecule has 0 atom stereocenters. The van der Waals surface area contributed by atoms with Crippen LogP contribution in [0.4, 0.5) is 0 Å². The van der Waals surface area contributed by atoms with Gasteiger partial charge in [-0.2, -0.15) is 0 Å². The highest BCUT2D eigenvalue weighted by Crippen LogP contribution is 2.19. The van der Waals surface area contributed by atoms with Gasteiger partial charge in [0.15, 0.2) is 0 Å². The number of piperidine rings is 1. The Morgan fingerprint density at radius 2 is 2.19 bits per heavy atom. The Hall–Kier alpha value is -3.00. The van der Waals surface area contributed by atoms with Gasteiger partial charge < -0.3 is 19.9 Å².